The lowest BCUT2D eigenvalue weighted by molar-refractivity contribution is 0.616. The third kappa shape index (κ3) is 5.06. The minimum absolute atomic E-state index is 0.421. The van der Waals surface area contributed by atoms with Crippen LogP contribution in [0.2, 0.25) is 0 Å². The number of rotatable bonds is 7. The van der Waals surface area contributed by atoms with E-state index in [0.717, 1.165) is 36.7 Å². The second-order valence-corrected chi connectivity index (χ2v) is 4.97. The highest BCUT2D eigenvalue weighted by Crippen LogP contribution is 2.08. The Morgan fingerprint density at radius 2 is 1.53 bits per heavy atom. The van der Waals surface area contributed by atoms with Crippen molar-refractivity contribution in [2.75, 3.05) is 5.32 Å². The van der Waals surface area contributed by atoms with Crippen LogP contribution in [0.25, 0.3) is 0 Å². The van der Waals surface area contributed by atoms with E-state index in [-0.39, 0.29) is 0 Å². The van der Waals surface area contributed by atoms with E-state index in [9.17, 15) is 0 Å². The van der Waals surface area contributed by atoms with Gasteiger partial charge in [0.05, 0.1) is 17.1 Å². The first-order chi connectivity index (χ1) is 9.24. The fourth-order valence-corrected chi connectivity index (χ4v) is 2.15. The van der Waals surface area contributed by atoms with Gasteiger partial charge in [0.2, 0.25) is 0 Å². The summed E-state index contributed by atoms with van der Waals surface area (Å²) in [6, 6.07) is 11.4. The summed E-state index contributed by atoms with van der Waals surface area (Å²) in [5.74, 6) is 0. The van der Waals surface area contributed by atoms with Crippen molar-refractivity contribution in [1.29, 1.82) is 0 Å². The zero-order valence-corrected chi connectivity index (χ0v) is 12.8. The monoisotopic (exact) mass is 260 g/mol. The van der Waals surface area contributed by atoms with E-state index >= 15 is 0 Å². The van der Waals surface area contributed by atoms with Crippen LogP contribution in [-0.4, -0.2) is 12.1 Å². The smallest absolute Gasteiger partial charge is 0.0809 e. The van der Waals surface area contributed by atoms with Crippen LogP contribution in [0.3, 0.4) is 0 Å². The highest BCUT2D eigenvalue weighted by Gasteiger charge is 2.05. The number of hydrogen-bond donors (Lipinski definition) is 1. The first-order valence-electron chi connectivity index (χ1n) is 7.64. The van der Waals surface area contributed by atoms with Crippen molar-refractivity contribution < 1.29 is 0 Å². The molecule has 0 aliphatic heterocycles. The molecule has 0 bridgehead atoms. The second-order valence-electron chi connectivity index (χ2n) is 4.97. The highest BCUT2D eigenvalue weighted by atomic mass is 14.9. The molecule has 0 amide bonds. The van der Waals surface area contributed by atoms with E-state index in [1.54, 1.807) is 0 Å². The zero-order chi connectivity index (χ0) is 14.1. The van der Waals surface area contributed by atoms with Gasteiger partial charge in [-0.25, -0.2) is 0 Å². The van der Waals surface area contributed by atoms with Crippen molar-refractivity contribution in [2.45, 2.75) is 65.5 Å². The van der Waals surface area contributed by atoms with Crippen LogP contribution >= 0.6 is 0 Å². The summed E-state index contributed by atoms with van der Waals surface area (Å²) in [5, 5.41) is 4.72. The van der Waals surface area contributed by atoms with Crippen molar-refractivity contribution >= 4 is 5.69 Å². The molecule has 0 aliphatic rings. The molecule has 2 heteroatoms. The normalized spacial score (nSPS) is 12.2. The molecule has 0 spiro atoms. The highest BCUT2D eigenvalue weighted by molar-refractivity contribution is 5.42. The molecule has 1 aromatic rings. The molecule has 1 aromatic carbocycles. The molecule has 0 saturated carbocycles. The predicted octanol–water partition coefficient (Wildman–Crippen LogP) is 4.38. The van der Waals surface area contributed by atoms with E-state index in [0.29, 0.717) is 12.1 Å². The quantitative estimate of drug-likeness (QED) is 0.773. The number of nitrogens with one attached hydrogen (secondary N) is 1. The van der Waals surface area contributed by atoms with Gasteiger partial charge in [0, 0.05) is 6.04 Å². The lowest BCUT2D eigenvalue weighted by Gasteiger charge is -2.16. The SMILES string of the molecule is CCC(CC)N=c1cccccc1NC(CC)CC. The summed E-state index contributed by atoms with van der Waals surface area (Å²) >= 11 is 0. The lowest BCUT2D eigenvalue weighted by Crippen LogP contribution is -2.22. The van der Waals surface area contributed by atoms with Crippen molar-refractivity contribution in [3.8, 4) is 0 Å². The second kappa shape index (κ2) is 8.73. The maximum Gasteiger partial charge on any atom is 0.0809 e. The zero-order valence-electron chi connectivity index (χ0n) is 12.8. The third-order valence-electron chi connectivity index (χ3n) is 3.62. The van der Waals surface area contributed by atoms with Crippen LogP contribution in [0.5, 0.6) is 0 Å². The van der Waals surface area contributed by atoms with Gasteiger partial charge in [-0.3, -0.25) is 4.99 Å². The van der Waals surface area contributed by atoms with Gasteiger partial charge in [0.25, 0.3) is 0 Å². The summed E-state index contributed by atoms with van der Waals surface area (Å²) < 4.78 is 0. The average Bonchev–Trinajstić information content (AvgIpc) is 2.67. The molecule has 0 saturated heterocycles. The number of nitrogens with zero attached hydrogens (tertiary/aromatic N) is 1. The lowest BCUT2D eigenvalue weighted by atomic mass is 10.1. The Balaban J connectivity index is 3.13. The number of anilines is 1. The van der Waals surface area contributed by atoms with Crippen LogP contribution in [0.15, 0.2) is 35.3 Å². The summed E-state index contributed by atoms with van der Waals surface area (Å²) in [4.78, 5) is 4.89. The minimum atomic E-state index is 0.421. The Labute approximate surface area is 118 Å². The van der Waals surface area contributed by atoms with Gasteiger partial charge in [-0.15, -0.1) is 0 Å². The van der Waals surface area contributed by atoms with Crippen molar-refractivity contribution in [3.05, 3.63) is 35.7 Å². The Morgan fingerprint density at radius 1 is 0.895 bits per heavy atom. The Kier molecular flexibility index (Phi) is 7.24. The Bertz CT molecular complexity index is 418. The third-order valence-corrected chi connectivity index (χ3v) is 3.62. The topological polar surface area (TPSA) is 24.4 Å². The van der Waals surface area contributed by atoms with Gasteiger partial charge in [-0.1, -0.05) is 45.9 Å². The fraction of sp³-hybridized carbons (Fsp3) is 0.588. The molecular weight excluding hydrogens is 232 g/mol. The number of hydrogen-bond acceptors (Lipinski definition) is 2. The van der Waals surface area contributed by atoms with Crippen molar-refractivity contribution in [3.63, 3.8) is 0 Å². The first kappa shape index (κ1) is 15.7. The summed E-state index contributed by atoms with van der Waals surface area (Å²) in [5.41, 5.74) is 1.16. The predicted molar refractivity (Wildman–Crippen MR) is 84.4 cm³/mol. The van der Waals surface area contributed by atoms with Crippen LogP contribution in [0, 0.1) is 0 Å². The van der Waals surface area contributed by atoms with E-state index in [1.807, 2.05) is 0 Å². The van der Waals surface area contributed by atoms with E-state index in [4.69, 9.17) is 4.99 Å². The average molecular weight is 260 g/mol. The van der Waals surface area contributed by atoms with Gasteiger partial charge in [0.1, 0.15) is 0 Å². The minimum Gasteiger partial charge on any atom is -0.381 e. The van der Waals surface area contributed by atoms with Gasteiger partial charge in [0.15, 0.2) is 0 Å². The molecule has 19 heavy (non-hydrogen) atoms. The van der Waals surface area contributed by atoms with E-state index < -0.39 is 0 Å². The standard InChI is InChI=1S/C17H28N2/c1-5-14(6-2)18-16-12-10-9-11-13-17(16)19-15(7-3)8-4/h9-15H,5-8H2,1-4H3,(H,18,19). The molecule has 1 N–H and O–H groups in total. The molecule has 0 aromatic heterocycles. The Hall–Kier alpha value is -1.31. The molecule has 0 aliphatic carbocycles. The van der Waals surface area contributed by atoms with Crippen LogP contribution in [0.4, 0.5) is 5.69 Å². The van der Waals surface area contributed by atoms with Crippen LogP contribution in [0.1, 0.15) is 53.4 Å². The molecule has 2 nitrogen and oxygen atoms in total. The van der Waals surface area contributed by atoms with E-state index in [2.05, 4.69) is 63.3 Å². The van der Waals surface area contributed by atoms with Crippen LogP contribution in [-0.2, 0) is 0 Å². The molecular formula is C17H28N2. The van der Waals surface area contributed by atoms with E-state index in [1.165, 1.54) is 0 Å². The van der Waals surface area contributed by atoms with Crippen LogP contribution < -0.4 is 10.7 Å². The van der Waals surface area contributed by atoms with Gasteiger partial charge < -0.3 is 5.32 Å². The maximum absolute atomic E-state index is 4.89. The largest absolute Gasteiger partial charge is 0.381 e. The van der Waals surface area contributed by atoms with Crippen molar-refractivity contribution in [1.82, 2.24) is 0 Å². The molecule has 106 valence electrons. The first-order valence-corrected chi connectivity index (χ1v) is 7.64. The summed E-state index contributed by atoms with van der Waals surface area (Å²) in [6.07, 6.45) is 4.47. The van der Waals surface area contributed by atoms with Gasteiger partial charge >= 0.3 is 0 Å². The molecule has 0 atom stereocenters. The molecule has 0 radical (unpaired) electrons. The summed E-state index contributed by atoms with van der Waals surface area (Å²) in [6.45, 7) is 8.85. The molecule has 0 heterocycles. The summed E-state index contributed by atoms with van der Waals surface area (Å²) in [7, 11) is 0. The maximum atomic E-state index is 4.89. The molecule has 0 unspecified atom stereocenters. The molecule has 0 fully saturated rings. The molecule has 1 rings (SSSR count). The van der Waals surface area contributed by atoms with Gasteiger partial charge in [-0.05, 0) is 37.8 Å². The van der Waals surface area contributed by atoms with Crippen molar-refractivity contribution in [2.24, 2.45) is 4.99 Å². The fourth-order valence-electron chi connectivity index (χ4n) is 2.15. The van der Waals surface area contributed by atoms with Gasteiger partial charge in [-0.2, -0.15) is 0 Å². The Morgan fingerprint density at radius 3 is 2.11 bits per heavy atom.